The standard InChI is InChI=1S/C7H10Cl2N2O/c1-5-7(9)4-11(10-5)3-6(12)2-8/h4,6,12H,2-3H2,1H3. The van der Waals surface area contributed by atoms with Crippen molar-refractivity contribution >= 4 is 23.2 Å². The van der Waals surface area contributed by atoms with Crippen LogP contribution in [0.25, 0.3) is 0 Å². The molecule has 1 N–H and O–H groups in total. The molecule has 0 aliphatic heterocycles. The maximum Gasteiger partial charge on any atom is 0.0871 e. The second-order valence-corrected chi connectivity index (χ2v) is 3.31. The Morgan fingerprint density at radius 2 is 2.42 bits per heavy atom. The molecule has 5 heteroatoms. The molecule has 0 amide bonds. The van der Waals surface area contributed by atoms with Crippen LogP contribution in [0, 0.1) is 6.92 Å². The minimum atomic E-state index is -0.568. The van der Waals surface area contributed by atoms with Crippen molar-refractivity contribution in [2.45, 2.75) is 19.6 Å². The highest BCUT2D eigenvalue weighted by atomic mass is 35.5. The van der Waals surface area contributed by atoms with E-state index in [-0.39, 0.29) is 5.88 Å². The summed E-state index contributed by atoms with van der Waals surface area (Å²) < 4.78 is 1.59. The number of hydrogen-bond acceptors (Lipinski definition) is 2. The van der Waals surface area contributed by atoms with Gasteiger partial charge in [-0.25, -0.2) is 0 Å². The SMILES string of the molecule is Cc1nn(CC(O)CCl)cc1Cl. The van der Waals surface area contributed by atoms with Gasteiger partial charge in [-0.2, -0.15) is 5.10 Å². The van der Waals surface area contributed by atoms with Crippen molar-refractivity contribution in [2.24, 2.45) is 0 Å². The lowest BCUT2D eigenvalue weighted by atomic mass is 10.4. The van der Waals surface area contributed by atoms with Crippen LogP contribution in [0.4, 0.5) is 0 Å². The van der Waals surface area contributed by atoms with Gasteiger partial charge in [0.05, 0.1) is 29.2 Å². The van der Waals surface area contributed by atoms with E-state index in [0.717, 1.165) is 5.69 Å². The molecule has 1 aromatic rings. The van der Waals surface area contributed by atoms with Crippen molar-refractivity contribution in [3.05, 3.63) is 16.9 Å². The molecular weight excluding hydrogens is 199 g/mol. The molecule has 0 aromatic carbocycles. The molecule has 1 rings (SSSR count). The smallest absolute Gasteiger partial charge is 0.0871 e. The van der Waals surface area contributed by atoms with Gasteiger partial charge in [0.2, 0.25) is 0 Å². The van der Waals surface area contributed by atoms with Gasteiger partial charge in [-0.3, -0.25) is 4.68 Å². The number of halogens is 2. The summed E-state index contributed by atoms with van der Waals surface area (Å²) in [7, 11) is 0. The number of nitrogens with zero attached hydrogens (tertiary/aromatic N) is 2. The summed E-state index contributed by atoms with van der Waals surface area (Å²) in [6.07, 6.45) is 1.11. The molecule has 1 aromatic heterocycles. The molecule has 12 heavy (non-hydrogen) atoms. The lowest BCUT2D eigenvalue weighted by Gasteiger charge is -2.05. The van der Waals surface area contributed by atoms with E-state index in [1.165, 1.54) is 0 Å². The molecular formula is C7H10Cl2N2O. The highest BCUT2D eigenvalue weighted by molar-refractivity contribution is 6.31. The van der Waals surface area contributed by atoms with Gasteiger partial charge in [0.1, 0.15) is 0 Å². The van der Waals surface area contributed by atoms with Gasteiger partial charge in [-0.15, -0.1) is 11.6 Å². The lowest BCUT2D eigenvalue weighted by Crippen LogP contribution is -2.17. The van der Waals surface area contributed by atoms with Crippen LogP contribution in [0.3, 0.4) is 0 Å². The highest BCUT2D eigenvalue weighted by Crippen LogP contribution is 2.12. The van der Waals surface area contributed by atoms with Crippen LogP contribution in [0.5, 0.6) is 0 Å². The van der Waals surface area contributed by atoms with Crippen LogP contribution in [0.1, 0.15) is 5.69 Å². The van der Waals surface area contributed by atoms with Crippen LogP contribution in [0.15, 0.2) is 6.20 Å². The van der Waals surface area contributed by atoms with Gasteiger partial charge in [0.25, 0.3) is 0 Å². The average Bonchev–Trinajstić information content (AvgIpc) is 2.31. The molecule has 68 valence electrons. The summed E-state index contributed by atoms with van der Waals surface area (Å²) >= 11 is 11.2. The van der Waals surface area contributed by atoms with E-state index in [9.17, 15) is 5.11 Å². The number of alkyl halides is 1. The van der Waals surface area contributed by atoms with Crippen molar-refractivity contribution < 1.29 is 5.11 Å². The molecule has 0 saturated heterocycles. The van der Waals surface area contributed by atoms with Crippen molar-refractivity contribution in [3.63, 3.8) is 0 Å². The molecule has 1 heterocycles. The predicted octanol–water partition coefficient (Wildman–Crippen LogP) is 1.44. The zero-order chi connectivity index (χ0) is 9.14. The van der Waals surface area contributed by atoms with E-state index < -0.39 is 6.10 Å². The van der Waals surface area contributed by atoms with Crippen LogP contribution in [-0.4, -0.2) is 26.9 Å². The van der Waals surface area contributed by atoms with Crippen LogP contribution >= 0.6 is 23.2 Å². The largest absolute Gasteiger partial charge is 0.390 e. The first-order valence-electron chi connectivity index (χ1n) is 3.57. The quantitative estimate of drug-likeness (QED) is 0.765. The molecule has 0 spiro atoms. The topological polar surface area (TPSA) is 38.0 Å². The number of aromatic nitrogens is 2. The summed E-state index contributed by atoms with van der Waals surface area (Å²) in [5, 5.41) is 13.8. The lowest BCUT2D eigenvalue weighted by molar-refractivity contribution is 0.171. The molecule has 0 radical (unpaired) electrons. The molecule has 0 saturated carbocycles. The van der Waals surface area contributed by atoms with Crippen molar-refractivity contribution in [3.8, 4) is 0 Å². The van der Waals surface area contributed by atoms with E-state index in [4.69, 9.17) is 23.2 Å². The molecule has 0 fully saturated rings. The molecule has 1 unspecified atom stereocenters. The fourth-order valence-electron chi connectivity index (χ4n) is 0.852. The minimum absolute atomic E-state index is 0.205. The van der Waals surface area contributed by atoms with Gasteiger partial charge in [0.15, 0.2) is 0 Å². The summed E-state index contributed by atoms with van der Waals surface area (Å²) in [5.41, 5.74) is 0.762. The number of rotatable bonds is 3. The molecule has 1 atom stereocenters. The Bertz CT molecular complexity index is 242. The maximum absolute atomic E-state index is 9.18. The van der Waals surface area contributed by atoms with Crippen LogP contribution in [-0.2, 0) is 6.54 Å². The van der Waals surface area contributed by atoms with E-state index >= 15 is 0 Å². The number of aliphatic hydroxyl groups is 1. The molecule has 3 nitrogen and oxygen atoms in total. The minimum Gasteiger partial charge on any atom is -0.390 e. The normalized spacial score (nSPS) is 13.3. The highest BCUT2D eigenvalue weighted by Gasteiger charge is 2.06. The fourth-order valence-corrected chi connectivity index (χ4v) is 1.10. The van der Waals surface area contributed by atoms with Gasteiger partial charge in [-0.1, -0.05) is 11.6 Å². The first-order valence-corrected chi connectivity index (χ1v) is 4.48. The Hall–Kier alpha value is -0.250. The molecule has 0 aliphatic carbocycles. The van der Waals surface area contributed by atoms with Gasteiger partial charge in [-0.05, 0) is 6.92 Å². The third-order valence-electron chi connectivity index (χ3n) is 1.46. The fraction of sp³-hybridized carbons (Fsp3) is 0.571. The summed E-state index contributed by atoms with van der Waals surface area (Å²) in [5.74, 6) is 0.205. The third-order valence-corrected chi connectivity index (χ3v) is 2.19. The monoisotopic (exact) mass is 208 g/mol. The van der Waals surface area contributed by atoms with Gasteiger partial charge in [0, 0.05) is 6.20 Å². The number of aryl methyl sites for hydroxylation is 1. The second kappa shape index (κ2) is 4.12. The second-order valence-electron chi connectivity index (χ2n) is 2.59. The summed E-state index contributed by atoms with van der Waals surface area (Å²) in [6, 6.07) is 0. The van der Waals surface area contributed by atoms with E-state index in [0.29, 0.717) is 11.6 Å². The van der Waals surface area contributed by atoms with Gasteiger partial charge >= 0.3 is 0 Å². The number of hydrogen-bond donors (Lipinski definition) is 1. The van der Waals surface area contributed by atoms with Crippen molar-refractivity contribution in [2.75, 3.05) is 5.88 Å². The zero-order valence-electron chi connectivity index (χ0n) is 6.67. The Balaban J connectivity index is 2.64. The first-order chi connectivity index (χ1) is 5.63. The first kappa shape index (κ1) is 9.84. The Morgan fingerprint density at radius 1 is 1.75 bits per heavy atom. The Kier molecular flexibility index (Phi) is 3.38. The van der Waals surface area contributed by atoms with Crippen LogP contribution < -0.4 is 0 Å². The Morgan fingerprint density at radius 3 is 2.83 bits per heavy atom. The van der Waals surface area contributed by atoms with E-state index in [1.807, 2.05) is 6.92 Å². The average molecular weight is 209 g/mol. The summed E-state index contributed by atoms with van der Waals surface area (Å²) in [4.78, 5) is 0. The molecule has 0 bridgehead atoms. The molecule has 0 aliphatic rings. The number of aliphatic hydroxyl groups excluding tert-OH is 1. The third kappa shape index (κ3) is 2.37. The summed E-state index contributed by atoms with van der Waals surface area (Å²) in [6.45, 7) is 2.20. The van der Waals surface area contributed by atoms with E-state index in [1.54, 1.807) is 10.9 Å². The zero-order valence-corrected chi connectivity index (χ0v) is 8.18. The van der Waals surface area contributed by atoms with E-state index in [2.05, 4.69) is 5.10 Å². The Labute approximate surface area is 80.9 Å². The van der Waals surface area contributed by atoms with Crippen LogP contribution in [0.2, 0.25) is 5.02 Å². The predicted molar refractivity (Wildman–Crippen MR) is 48.7 cm³/mol. The van der Waals surface area contributed by atoms with Crippen molar-refractivity contribution in [1.29, 1.82) is 0 Å². The van der Waals surface area contributed by atoms with Crippen molar-refractivity contribution in [1.82, 2.24) is 9.78 Å². The van der Waals surface area contributed by atoms with Gasteiger partial charge < -0.3 is 5.11 Å². The maximum atomic E-state index is 9.18.